The molecule has 4 nitrogen and oxygen atoms in total. The molecule has 4 heteroatoms. The third kappa shape index (κ3) is 3.09. The van der Waals surface area contributed by atoms with Crippen LogP contribution in [0.4, 0.5) is 4.79 Å². The van der Waals surface area contributed by atoms with Crippen molar-refractivity contribution in [3.8, 4) is 0 Å². The van der Waals surface area contributed by atoms with Gasteiger partial charge in [0.25, 0.3) is 0 Å². The van der Waals surface area contributed by atoms with Crippen LogP contribution in [0.15, 0.2) is 0 Å². The van der Waals surface area contributed by atoms with Crippen LogP contribution in [-0.2, 0) is 0 Å². The summed E-state index contributed by atoms with van der Waals surface area (Å²) in [4.78, 5) is 11.1. The van der Waals surface area contributed by atoms with Crippen molar-refractivity contribution in [3.63, 3.8) is 0 Å². The summed E-state index contributed by atoms with van der Waals surface area (Å²) in [5.41, 5.74) is 2.65. The Morgan fingerprint density at radius 2 is 1.92 bits per heavy atom. The zero-order chi connectivity index (χ0) is 8.97. The molecule has 0 unspecified atom stereocenters. The number of hydrazine groups is 1. The van der Waals surface area contributed by atoms with Crippen molar-refractivity contribution in [1.29, 1.82) is 0 Å². The summed E-state index contributed by atoms with van der Waals surface area (Å²) in [6.45, 7) is 0. The van der Waals surface area contributed by atoms with Gasteiger partial charge in [0.1, 0.15) is 0 Å². The minimum absolute atomic E-state index is 0.0908. The summed E-state index contributed by atoms with van der Waals surface area (Å²) in [6.07, 6.45) is 4.74. The highest BCUT2D eigenvalue weighted by Crippen LogP contribution is 2.17. The van der Waals surface area contributed by atoms with Crippen LogP contribution in [0.2, 0.25) is 0 Å². The highest BCUT2D eigenvalue weighted by molar-refractivity contribution is 5.73. The second-order valence-electron chi connectivity index (χ2n) is 3.46. The predicted molar refractivity (Wildman–Crippen MR) is 47.6 cm³/mol. The van der Waals surface area contributed by atoms with Crippen molar-refractivity contribution < 1.29 is 4.79 Å². The smallest absolute Gasteiger partial charge is 0.329 e. The first-order valence-corrected chi connectivity index (χ1v) is 4.43. The molecule has 2 N–H and O–H groups in total. The number of hydrogen-bond acceptors (Lipinski definition) is 2. The lowest BCUT2D eigenvalue weighted by molar-refractivity contribution is 0.208. The molecule has 0 bridgehead atoms. The number of nitrogens with one attached hydrogen (secondary N) is 2. The Balaban J connectivity index is 2.16. The molecular weight excluding hydrogens is 154 g/mol. The second kappa shape index (κ2) is 4.30. The van der Waals surface area contributed by atoms with Crippen LogP contribution in [0.5, 0.6) is 0 Å². The number of urea groups is 1. The molecule has 0 radical (unpaired) electrons. The molecular formula is C8H17N3O. The van der Waals surface area contributed by atoms with Gasteiger partial charge in [-0.15, -0.1) is 0 Å². The number of nitrogens with zero attached hydrogens (tertiary/aromatic N) is 1. The number of carbonyl (C=O) groups is 1. The molecule has 1 fully saturated rings. The molecule has 0 aliphatic heterocycles. The first-order chi connectivity index (χ1) is 5.68. The van der Waals surface area contributed by atoms with Gasteiger partial charge in [-0.3, -0.25) is 5.43 Å². The number of carbonyl (C=O) groups excluding carboxylic acids is 1. The zero-order valence-electron chi connectivity index (χ0n) is 7.76. The van der Waals surface area contributed by atoms with Gasteiger partial charge in [0, 0.05) is 20.1 Å². The second-order valence-corrected chi connectivity index (χ2v) is 3.46. The summed E-state index contributed by atoms with van der Waals surface area (Å²) >= 11 is 0. The SMILES string of the molecule is CN(C)NC(=O)NC1CCCC1. The third-order valence-electron chi connectivity index (χ3n) is 2.02. The molecule has 0 aromatic rings. The first-order valence-electron chi connectivity index (χ1n) is 4.43. The van der Waals surface area contributed by atoms with E-state index in [0.29, 0.717) is 6.04 Å². The minimum Gasteiger partial charge on any atom is -0.334 e. The maximum Gasteiger partial charge on any atom is 0.329 e. The van der Waals surface area contributed by atoms with Crippen LogP contribution >= 0.6 is 0 Å². The van der Waals surface area contributed by atoms with Crippen LogP contribution in [0.3, 0.4) is 0 Å². The van der Waals surface area contributed by atoms with Crippen LogP contribution in [-0.4, -0.2) is 31.2 Å². The fraction of sp³-hybridized carbons (Fsp3) is 0.875. The topological polar surface area (TPSA) is 44.4 Å². The first kappa shape index (κ1) is 9.32. The maximum atomic E-state index is 11.1. The summed E-state index contributed by atoms with van der Waals surface area (Å²) in [7, 11) is 3.60. The molecule has 12 heavy (non-hydrogen) atoms. The van der Waals surface area contributed by atoms with E-state index in [4.69, 9.17) is 0 Å². The van der Waals surface area contributed by atoms with Gasteiger partial charge >= 0.3 is 6.03 Å². The Hall–Kier alpha value is -0.770. The van der Waals surface area contributed by atoms with E-state index in [9.17, 15) is 4.79 Å². The normalized spacial score (nSPS) is 18.2. The largest absolute Gasteiger partial charge is 0.334 e. The van der Waals surface area contributed by atoms with Crippen molar-refractivity contribution in [2.24, 2.45) is 0 Å². The van der Waals surface area contributed by atoms with E-state index in [-0.39, 0.29) is 6.03 Å². The van der Waals surface area contributed by atoms with Gasteiger partial charge in [0.2, 0.25) is 0 Å². The Bertz CT molecular complexity index is 152. The van der Waals surface area contributed by atoms with Crippen molar-refractivity contribution in [2.75, 3.05) is 14.1 Å². The average molecular weight is 171 g/mol. The molecule has 0 aromatic carbocycles. The van der Waals surface area contributed by atoms with E-state index in [2.05, 4.69) is 10.7 Å². The Labute approximate surface area is 73.3 Å². The van der Waals surface area contributed by atoms with Crippen molar-refractivity contribution >= 4 is 6.03 Å². The molecule has 1 saturated carbocycles. The van der Waals surface area contributed by atoms with Crippen LogP contribution in [0.25, 0.3) is 0 Å². The Morgan fingerprint density at radius 3 is 2.42 bits per heavy atom. The lowest BCUT2D eigenvalue weighted by atomic mass is 10.3. The molecule has 1 aliphatic rings. The third-order valence-corrected chi connectivity index (χ3v) is 2.02. The fourth-order valence-corrected chi connectivity index (χ4v) is 1.49. The molecule has 70 valence electrons. The highest BCUT2D eigenvalue weighted by Gasteiger charge is 2.16. The number of hydrogen-bond donors (Lipinski definition) is 2. The standard InChI is InChI=1S/C8H17N3O/c1-11(2)10-8(12)9-7-5-3-4-6-7/h7H,3-6H2,1-2H3,(H2,9,10,12). The quantitative estimate of drug-likeness (QED) is 0.601. The predicted octanol–water partition coefficient (Wildman–Crippen LogP) is 0.705. The summed E-state index contributed by atoms with van der Waals surface area (Å²) in [5, 5.41) is 4.56. The highest BCUT2D eigenvalue weighted by atomic mass is 16.2. The van der Waals surface area contributed by atoms with E-state index >= 15 is 0 Å². The van der Waals surface area contributed by atoms with Crippen LogP contribution < -0.4 is 10.7 Å². The summed E-state index contributed by atoms with van der Waals surface area (Å²) in [6, 6.07) is 0.303. The average Bonchev–Trinajstić information content (AvgIpc) is 2.37. The van der Waals surface area contributed by atoms with Gasteiger partial charge in [0.05, 0.1) is 0 Å². The van der Waals surface area contributed by atoms with E-state index in [0.717, 1.165) is 12.8 Å². The number of amides is 2. The van der Waals surface area contributed by atoms with Gasteiger partial charge in [-0.25, -0.2) is 9.80 Å². The van der Waals surface area contributed by atoms with Crippen molar-refractivity contribution in [2.45, 2.75) is 31.7 Å². The zero-order valence-corrected chi connectivity index (χ0v) is 7.76. The van der Waals surface area contributed by atoms with E-state index in [1.807, 2.05) is 0 Å². The molecule has 2 amide bonds. The van der Waals surface area contributed by atoms with E-state index in [1.165, 1.54) is 12.8 Å². The van der Waals surface area contributed by atoms with Gasteiger partial charge in [-0.05, 0) is 12.8 Å². The van der Waals surface area contributed by atoms with E-state index in [1.54, 1.807) is 19.1 Å². The molecule has 1 rings (SSSR count). The van der Waals surface area contributed by atoms with Gasteiger partial charge in [-0.1, -0.05) is 12.8 Å². The number of rotatable bonds is 2. The van der Waals surface area contributed by atoms with Crippen LogP contribution in [0, 0.1) is 0 Å². The molecule has 0 atom stereocenters. The molecule has 0 heterocycles. The monoisotopic (exact) mass is 171 g/mol. The fourth-order valence-electron chi connectivity index (χ4n) is 1.49. The molecule has 0 saturated heterocycles. The van der Waals surface area contributed by atoms with Crippen molar-refractivity contribution in [3.05, 3.63) is 0 Å². The summed E-state index contributed by atoms with van der Waals surface area (Å²) < 4.78 is 0. The molecule has 1 aliphatic carbocycles. The Morgan fingerprint density at radius 1 is 1.33 bits per heavy atom. The van der Waals surface area contributed by atoms with Gasteiger partial charge < -0.3 is 5.32 Å². The Kier molecular flexibility index (Phi) is 3.34. The lowest BCUT2D eigenvalue weighted by Crippen LogP contribution is -2.46. The van der Waals surface area contributed by atoms with Crippen LogP contribution in [0.1, 0.15) is 25.7 Å². The van der Waals surface area contributed by atoms with Crippen molar-refractivity contribution in [1.82, 2.24) is 15.8 Å². The summed E-state index contributed by atoms with van der Waals surface area (Å²) in [5.74, 6) is 0. The molecule has 0 aromatic heterocycles. The maximum absolute atomic E-state index is 11.1. The lowest BCUT2D eigenvalue weighted by Gasteiger charge is -2.16. The molecule has 0 spiro atoms. The van der Waals surface area contributed by atoms with E-state index < -0.39 is 0 Å². The van der Waals surface area contributed by atoms with Gasteiger partial charge in [-0.2, -0.15) is 0 Å². The minimum atomic E-state index is -0.0908. The van der Waals surface area contributed by atoms with Gasteiger partial charge in [0.15, 0.2) is 0 Å².